The molecule has 1 aliphatic heterocycles. The Kier molecular flexibility index (Phi) is 4.68. The van der Waals surface area contributed by atoms with Crippen LogP contribution in [0.15, 0.2) is 18.2 Å². The van der Waals surface area contributed by atoms with Crippen molar-refractivity contribution in [3.8, 4) is 11.8 Å². The Morgan fingerprint density at radius 3 is 2.95 bits per heavy atom. The second kappa shape index (κ2) is 6.48. The van der Waals surface area contributed by atoms with Gasteiger partial charge in [-0.2, -0.15) is 0 Å². The van der Waals surface area contributed by atoms with Crippen LogP contribution < -0.4 is 5.32 Å². The molecule has 1 aliphatic rings. The molecule has 0 radical (unpaired) electrons. The number of piperazine rings is 1. The summed E-state index contributed by atoms with van der Waals surface area (Å²) in [4.78, 5) is 24.7. The van der Waals surface area contributed by atoms with E-state index in [0.29, 0.717) is 6.54 Å². The summed E-state index contributed by atoms with van der Waals surface area (Å²) < 4.78 is 13.6. The van der Waals surface area contributed by atoms with E-state index in [1.807, 2.05) is 0 Å². The second-order valence-electron chi connectivity index (χ2n) is 4.77. The van der Waals surface area contributed by atoms with E-state index in [0.717, 1.165) is 5.56 Å². The zero-order chi connectivity index (χ0) is 15.4. The summed E-state index contributed by atoms with van der Waals surface area (Å²) in [5.41, 5.74) is 0.926. The summed E-state index contributed by atoms with van der Waals surface area (Å²) in [6, 6.07) is 4.00. The fourth-order valence-corrected chi connectivity index (χ4v) is 2.10. The van der Waals surface area contributed by atoms with Crippen molar-refractivity contribution in [2.45, 2.75) is 19.5 Å². The Morgan fingerprint density at radius 2 is 2.24 bits per heavy atom. The third kappa shape index (κ3) is 3.66. The molecular weight excluding hydrogens is 275 g/mol. The number of halogens is 1. The van der Waals surface area contributed by atoms with Gasteiger partial charge >= 0.3 is 0 Å². The lowest BCUT2D eigenvalue weighted by Crippen LogP contribution is -2.56. The van der Waals surface area contributed by atoms with Crippen molar-refractivity contribution in [2.24, 2.45) is 0 Å². The number of hydrogen-bond acceptors (Lipinski definition) is 4. The molecule has 1 atom stereocenters. The fourth-order valence-electron chi connectivity index (χ4n) is 2.10. The lowest BCUT2D eigenvalue weighted by molar-refractivity contribution is -0.139. The van der Waals surface area contributed by atoms with Crippen molar-refractivity contribution in [1.29, 1.82) is 0 Å². The van der Waals surface area contributed by atoms with Gasteiger partial charge in [0.15, 0.2) is 0 Å². The fraction of sp³-hybridized carbons (Fsp3) is 0.333. The molecule has 1 aromatic carbocycles. The minimum atomic E-state index is -0.472. The van der Waals surface area contributed by atoms with Gasteiger partial charge in [0.05, 0.1) is 18.2 Å². The smallest absolute Gasteiger partial charge is 0.243 e. The molecule has 1 saturated heterocycles. The second-order valence-corrected chi connectivity index (χ2v) is 4.77. The van der Waals surface area contributed by atoms with E-state index in [9.17, 15) is 14.0 Å². The van der Waals surface area contributed by atoms with E-state index in [2.05, 4.69) is 17.2 Å². The summed E-state index contributed by atoms with van der Waals surface area (Å²) >= 11 is 0. The van der Waals surface area contributed by atoms with Crippen LogP contribution in [0.1, 0.15) is 18.1 Å². The van der Waals surface area contributed by atoms with Gasteiger partial charge in [0, 0.05) is 6.54 Å². The maximum Gasteiger partial charge on any atom is 0.243 e. The number of aliphatic hydroxyl groups is 1. The van der Waals surface area contributed by atoms with Crippen molar-refractivity contribution < 1.29 is 19.1 Å². The van der Waals surface area contributed by atoms with Gasteiger partial charge in [-0.05, 0) is 24.6 Å². The molecule has 5 nitrogen and oxygen atoms in total. The number of nitrogens with zero attached hydrogens (tertiary/aromatic N) is 1. The zero-order valence-corrected chi connectivity index (χ0v) is 11.5. The van der Waals surface area contributed by atoms with Gasteiger partial charge in [-0.25, -0.2) is 4.39 Å². The van der Waals surface area contributed by atoms with E-state index in [1.165, 1.54) is 6.07 Å². The van der Waals surface area contributed by atoms with Gasteiger partial charge in [-0.3, -0.25) is 19.8 Å². The summed E-state index contributed by atoms with van der Waals surface area (Å²) in [7, 11) is 0. The topological polar surface area (TPSA) is 69.6 Å². The van der Waals surface area contributed by atoms with Crippen molar-refractivity contribution in [2.75, 3.05) is 13.2 Å². The minimum absolute atomic E-state index is 0.113. The van der Waals surface area contributed by atoms with Crippen molar-refractivity contribution in [3.05, 3.63) is 35.1 Å². The first-order chi connectivity index (χ1) is 10.0. The molecule has 1 aromatic rings. The van der Waals surface area contributed by atoms with Crippen LogP contribution in [0, 0.1) is 17.7 Å². The average molecular weight is 290 g/mol. The number of amides is 2. The molecule has 1 unspecified atom stereocenters. The Balaban J connectivity index is 2.19. The number of imide groups is 1. The van der Waals surface area contributed by atoms with E-state index < -0.39 is 11.9 Å². The van der Waals surface area contributed by atoms with Crippen LogP contribution in [0.5, 0.6) is 0 Å². The van der Waals surface area contributed by atoms with Crippen LogP contribution >= 0.6 is 0 Å². The van der Waals surface area contributed by atoms with Crippen LogP contribution in [0.25, 0.3) is 0 Å². The molecule has 0 aromatic heterocycles. The highest BCUT2D eigenvalue weighted by molar-refractivity contribution is 6.00. The lowest BCUT2D eigenvalue weighted by Gasteiger charge is -2.31. The third-order valence-electron chi connectivity index (χ3n) is 3.26. The average Bonchev–Trinajstić information content (AvgIpc) is 2.44. The van der Waals surface area contributed by atoms with E-state index >= 15 is 0 Å². The van der Waals surface area contributed by atoms with Crippen LogP contribution in [0.2, 0.25) is 0 Å². The number of hydrogen-bond donors (Lipinski definition) is 2. The Bertz CT molecular complexity index is 634. The molecule has 0 saturated carbocycles. The van der Waals surface area contributed by atoms with Gasteiger partial charge in [-0.15, -0.1) is 0 Å². The SMILES string of the molecule is CC1C(=O)NC(=O)CN1Cc1ccc(F)c(C#CCO)c1. The van der Waals surface area contributed by atoms with Gasteiger partial charge in [0.2, 0.25) is 11.8 Å². The van der Waals surface area contributed by atoms with Crippen molar-refractivity contribution in [1.82, 2.24) is 10.2 Å². The Labute approximate surface area is 121 Å². The highest BCUT2D eigenvalue weighted by Gasteiger charge is 2.30. The molecule has 0 spiro atoms. The first-order valence-corrected chi connectivity index (χ1v) is 6.47. The highest BCUT2D eigenvalue weighted by Crippen LogP contribution is 2.14. The lowest BCUT2D eigenvalue weighted by atomic mass is 10.1. The molecular formula is C15H15FN2O3. The van der Waals surface area contributed by atoms with E-state index in [4.69, 9.17) is 5.11 Å². The number of nitrogens with one attached hydrogen (secondary N) is 1. The Morgan fingerprint density at radius 1 is 1.48 bits per heavy atom. The number of carbonyl (C=O) groups excluding carboxylic acids is 2. The van der Waals surface area contributed by atoms with Crippen LogP contribution in [0.3, 0.4) is 0 Å². The molecule has 1 fully saturated rings. The Hall–Kier alpha value is -2.23. The normalized spacial score (nSPS) is 18.9. The van der Waals surface area contributed by atoms with E-state index in [-0.39, 0.29) is 30.5 Å². The molecule has 1 heterocycles. The first kappa shape index (κ1) is 15.2. The number of benzene rings is 1. The van der Waals surface area contributed by atoms with E-state index in [1.54, 1.807) is 24.0 Å². The maximum atomic E-state index is 13.6. The number of aliphatic hydroxyl groups excluding tert-OH is 1. The number of carbonyl (C=O) groups is 2. The van der Waals surface area contributed by atoms with Gasteiger partial charge < -0.3 is 5.11 Å². The molecule has 110 valence electrons. The standard InChI is InChI=1S/C15H15FN2O3/c1-10-15(21)17-14(20)9-18(10)8-11-4-5-13(16)12(7-11)3-2-6-19/h4-5,7,10,19H,6,8-9H2,1H3,(H,17,20,21). The van der Waals surface area contributed by atoms with Crippen LogP contribution in [-0.4, -0.2) is 41.0 Å². The van der Waals surface area contributed by atoms with Gasteiger partial charge in [0.25, 0.3) is 0 Å². The summed E-state index contributed by atoms with van der Waals surface area (Å²) in [5.74, 6) is 3.76. The molecule has 21 heavy (non-hydrogen) atoms. The van der Waals surface area contributed by atoms with Crippen LogP contribution in [0.4, 0.5) is 4.39 Å². The molecule has 2 rings (SSSR count). The third-order valence-corrected chi connectivity index (χ3v) is 3.26. The summed E-state index contributed by atoms with van der Waals surface area (Å²) in [6.07, 6.45) is 0. The summed E-state index contributed by atoms with van der Waals surface area (Å²) in [6.45, 7) is 1.82. The monoisotopic (exact) mass is 290 g/mol. The zero-order valence-electron chi connectivity index (χ0n) is 11.5. The van der Waals surface area contributed by atoms with Gasteiger partial charge in [-0.1, -0.05) is 17.9 Å². The van der Waals surface area contributed by atoms with Crippen LogP contribution in [-0.2, 0) is 16.1 Å². The molecule has 0 bridgehead atoms. The van der Waals surface area contributed by atoms with Crippen molar-refractivity contribution in [3.63, 3.8) is 0 Å². The van der Waals surface area contributed by atoms with Crippen molar-refractivity contribution >= 4 is 11.8 Å². The predicted molar refractivity (Wildman–Crippen MR) is 73.4 cm³/mol. The van der Waals surface area contributed by atoms with Gasteiger partial charge in [0.1, 0.15) is 12.4 Å². The minimum Gasteiger partial charge on any atom is -0.384 e. The largest absolute Gasteiger partial charge is 0.384 e. The first-order valence-electron chi connectivity index (χ1n) is 6.47. The molecule has 0 aliphatic carbocycles. The predicted octanol–water partition coefficient (Wildman–Crippen LogP) is 0.0164. The molecule has 2 amide bonds. The number of rotatable bonds is 2. The quantitative estimate of drug-likeness (QED) is 0.595. The molecule has 2 N–H and O–H groups in total. The maximum absolute atomic E-state index is 13.6. The molecule has 6 heteroatoms. The highest BCUT2D eigenvalue weighted by atomic mass is 19.1. The summed E-state index contributed by atoms with van der Waals surface area (Å²) in [5, 5.41) is 10.9.